The summed E-state index contributed by atoms with van der Waals surface area (Å²) in [6, 6.07) is 0.553. The molecule has 0 aromatic carbocycles. The molecule has 19 heavy (non-hydrogen) atoms. The summed E-state index contributed by atoms with van der Waals surface area (Å²) < 4.78 is 5.39. The molecular weight excluding hydrogens is 266 g/mol. The molecule has 7 heteroatoms. The molecule has 1 atom stereocenters. The van der Waals surface area contributed by atoms with Crippen molar-refractivity contribution in [3.05, 3.63) is 11.5 Å². The number of hydrogen-bond donors (Lipinski definition) is 1. The van der Waals surface area contributed by atoms with E-state index in [1.807, 2.05) is 0 Å². The van der Waals surface area contributed by atoms with Crippen LogP contribution in [0.5, 0.6) is 0 Å². The Morgan fingerprint density at radius 2 is 2.11 bits per heavy atom. The predicted octanol–water partition coefficient (Wildman–Crippen LogP) is 0.623. The standard InChI is InChI=1S/C12H18ClN5O/c13-12-15-7-10(14)11(16-12)18-2-1-9(8-18)17-3-5-19-6-4-17/h7,9H,1-6,8,14H2. The number of rotatable bonds is 2. The smallest absolute Gasteiger partial charge is 0.224 e. The SMILES string of the molecule is Nc1cnc(Cl)nc1N1CCC(N2CCOCC2)C1. The van der Waals surface area contributed by atoms with E-state index in [9.17, 15) is 0 Å². The third-order valence-electron chi connectivity index (χ3n) is 3.79. The van der Waals surface area contributed by atoms with Gasteiger partial charge in [0.2, 0.25) is 5.28 Å². The van der Waals surface area contributed by atoms with Crippen molar-refractivity contribution in [1.82, 2.24) is 14.9 Å². The zero-order valence-electron chi connectivity index (χ0n) is 10.8. The van der Waals surface area contributed by atoms with Crippen LogP contribution < -0.4 is 10.6 Å². The van der Waals surface area contributed by atoms with Gasteiger partial charge in [-0.15, -0.1) is 0 Å². The Bertz CT molecular complexity index is 452. The Hall–Kier alpha value is -1.11. The summed E-state index contributed by atoms with van der Waals surface area (Å²) in [5.41, 5.74) is 6.52. The Morgan fingerprint density at radius 1 is 1.32 bits per heavy atom. The lowest BCUT2D eigenvalue weighted by Gasteiger charge is -2.32. The van der Waals surface area contributed by atoms with Crippen LogP contribution in [0, 0.1) is 0 Å². The summed E-state index contributed by atoms with van der Waals surface area (Å²) in [4.78, 5) is 12.8. The van der Waals surface area contributed by atoms with Crippen LogP contribution in [0.4, 0.5) is 11.5 Å². The van der Waals surface area contributed by atoms with Gasteiger partial charge in [-0.1, -0.05) is 0 Å². The summed E-state index contributed by atoms with van der Waals surface area (Å²) in [7, 11) is 0. The molecule has 3 heterocycles. The van der Waals surface area contributed by atoms with Crippen LogP contribution in [0.1, 0.15) is 6.42 Å². The van der Waals surface area contributed by atoms with Crippen LogP contribution in [-0.2, 0) is 4.74 Å². The number of hydrogen-bond acceptors (Lipinski definition) is 6. The van der Waals surface area contributed by atoms with E-state index in [1.54, 1.807) is 6.20 Å². The third kappa shape index (κ3) is 2.75. The quantitative estimate of drug-likeness (QED) is 0.803. The van der Waals surface area contributed by atoms with Gasteiger partial charge < -0.3 is 15.4 Å². The molecule has 2 aliphatic heterocycles. The molecular formula is C12H18ClN5O. The van der Waals surface area contributed by atoms with Gasteiger partial charge in [0.1, 0.15) is 0 Å². The van der Waals surface area contributed by atoms with Crippen LogP contribution in [0.15, 0.2) is 6.20 Å². The molecule has 0 aliphatic carbocycles. The highest BCUT2D eigenvalue weighted by Gasteiger charge is 2.30. The number of nitrogen functional groups attached to an aromatic ring is 1. The molecule has 1 unspecified atom stereocenters. The van der Waals surface area contributed by atoms with Crippen LogP contribution in [-0.4, -0.2) is 60.3 Å². The molecule has 0 spiro atoms. The van der Waals surface area contributed by atoms with Crippen molar-refractivity contribution in [3.8, 4) is 0 Å². The Labute approximate surface area is 117 Å². The molecule has 3 rings (SSSR count). The predicted molar refractivity (Wildman–Crippen MR) is 74.5 cm³/mol. The first-order chi connectivity index (χ1) is 9.24. The van der Waals surface area contributed by atoms with E-state index < -0.39 is 0 Å². The summed E-state index contributed by atoms with van der Waals surface area (Å²) in [5.74, 6) is 0.760. The number of aromatic nitrogens is 2. The second kappa shape index (κ2) is 5.48. The Kier molecular flexibility index (Phi) is 3.72. The fourth-order valence-corrected chi connectivity index (χ4v) is 2.92. The van der Waals surface area contributed by atoms with Gasteiger partial charge in [-0.3, -0.25) is 4.90 Å². The minimum atomic E-state index is 0.249. The summed E-state index contributed by atoms with van der Waals surface area (Å²) in [6.07, 6.45) is 2.70. The maximum absolute atomic E-state index is 5.93. The van der Waals surface area contributed by atoms with Gasteiger partial charge in [0.25, 0.3) is 0 Å². The van der Waals surface area contributed by atoms with Gasteiger partial charge in [-0.05, 0) is 18.0 Å². The van der Waals surface area contributed by atoms with E-state index in [0.29, 0.717) is 11.7 Å². The molecule has 2 N–H and O–H groups in total. The topological polar surface area (TPSA) is 67.5 Å². The van der Waals surface area contributed by atoms with Crippen LogP contribution in [0.3, 0.4) is 0 Å². The van der Waals surface area contributed by atoms with E-state index >= 15 is 0 Å². The van der Waals surface area contributed by atoms with E-state index in [0.717, 1.165) is 51.6 Å². The van der Waals surface area contributed by atoms with Crippen LogP contribution >= 0.6 is 11.6 Å². The van der Waals surface area contributed by atoms with E-state index in [-0.39, 0.29) is 5.28 Å². The molecule has 0 radical (unpaired) electrons. The molecule has 104 valence electrons. The monoisotopic (exact) mass is 283 g/mol. The number of morpholine rings is 1. The van der Waals surface area contributed by atoms with Crippen molar-refractivity contribution >= 4 is 23.1 Å². The Morgan fingerprint density at radius 3 is 2.89 bits per heavy atom. The minimum absolute atomic E-state index is 0.249. The molecule has 2 fully saturated rings. The van der Waals surface area contributed by atoms with E-state index in [4.69, 9.17) is 22.1 Å². The lowest BCUT2D eigenvalue weighted by atomic mass is 10.2. The largest absolute Gasteiger partial charge is 0.394 e. The number of nitrogens with two attached hydrogens (primary N) is 1. The fraction of sp³-hybridized carbons (Fsp3) is 0.667. The number of halogens is 1. The van der Waals surface area contributed by atoms with Gasteiger partial charge >= 0.3 is 0 Å². The second-order valence-electron chi connectivity index (χ2n) is 4.95. The van der Waals surface area contributed by atoms with Gasteiger partial charge in [-0.25, -0.2) is 4.98 Å². The zero-order valence-corrected chi connectivity index (χ0v) is 11.5. The maximum atomic E-state index is 5.93. The highest BCUT2D eigenvalue weighted by atomic mass is 35.5. The van der Waals surface area contributed by atoms with Crippen molar-refractivity contribution in [1.29, 1.82) is 0 Å². The molecule has 0 amide bonds. The normalized spacial score (nSPS) is 24.9. The van der Waals surface area contributed by atoms with Gasteiger partial charge in [0.15, 0.2) is 5.82 Å². The summed E-state index contributed by atoms with van der Waals surface area (Å²) in [5, 5.41) is 0.249. The lowest BCUT2D eigenvalue weighted by Crippen LogP contribution is -2.44. The molecule has 2 saturated heterocycles. The zero-order chi connectivity index (χ0) is 13.2. The highest BCUT2D eigenvalue weighted by molar-refractivity contribution is 6.28. The number of anilines is 2. The summed E-state index contributed by atoms with van der Waals surface area (Å²) in [6.45, 7) is 5.59. The average Bonchev–Trinajstić information content (AvgIpc) is 2.92. The maximum Gasteiger partial charge on any atom is 0.224 e. The second-order valence-corrected chi connectivity index (χ2v) is 5.29. The van der Waals surface area contributed by atoms with E-state index in [1.165, 1.54) is 0 Å². The number of ether oxygens (including phenoxy) is 1. The molecule has 1 aromatic heterocycles. The van der Waals surface area contributed by atoms with E-state index in [2.05, 4.69) is 19.8 Å². The van der Waals surface area contributed by atoms with Crippen molar-refractivity contribution in [3.63, 3.8) is 0 Å². The molecule has 2 aliphatic rings. The molecule has 0 bridgehead atoms. The first-order valence-corrected chi connectivity index (χ1v) is 6.96. The van der Waals surface area contributed by atoms with Crippen molar-refractivity contribution in [2.75, 3.05) is 50.0 Å². The number of nitrogens with zero attached hydrogens (tertiary/aromatic N) is 4. The molecule has 0 saturated carbocycles. The van der Waals surface area contributed by atoms with Gasteiger partial charge in [0.05, 0.1) is 25.1 Å². The van der Waals surface area contributed by atoms with Crippen LogP contribution in [0.2, 0.25) is 5.28 Å². The van der Waals surface area contributed by atoms with Crippen molar-refractivity contribution in [2.24, 2.45) is 0 Å². The first-order valence-electron chi connectivity index (χ1n) is 6.59. The first kappa shape index (κ1) is 12.9. The fourth-order valence-electron chi connectivity index (χ4n) is 2.79. The summed E-state index contributed by atoms with van der Waals surface area (Å²) >= 11 is 5.85. The minimum Gasteiger partial charge on any atom is -0.394 e. The van der Waals surface area contributed by atoms with Crippen molar-refractivity contribution in [2.45, 2.75) is 12.5 Å². The van der Waals surface area contributed by atoms with Crippen molar-refractivity contribution < 1.29 is 4.74 Å². The highest BCUT2D eigenvalue weighted by Crippen LogP contribution is 2.26. The average molecular weight is 284 g/mol. The lowest BCUT2D eigenvalue weighted by molar-refractivity contribution is 0.0209. The molecule has 1 aromatic rings. The Balaban J connectivity index is 1.69. The third-order valence-corrected chi connectivity index (χ3v) is 3.97. The van der Waals surface area contributed by atoms with Crippen LogP contribution in [0.25, 0.3) is 0 Å². The molecule has 6 nitrogen and oxygen atoms in total. The van der Waals surface area contributed by atoms with Gasteiger partial charge in [-0.2, -0.15) is 4.98 Å². The van der Waals surface area contributed by atoms with Gasteiger partial charge in [0, 0.05) is 32.2 Å².